The van der Waals surface area contributed by atoms with Gasteiger partial charge in [-0.3, -0.25) is 9.59 Å². The fourth-order valence-corrected chi connectivity index (χ4v) is 2.42. The number of nitrogens with one attached hydrogen (secondary N) is 1. The molecule has 0 bridgehead atoms. The molecule has 1 amide bonds. The Kier molecular flexibility index (Phi) is 4.35. The highest BCUT2D eigenvalue weighted by atomic mass is 16.5. The number of carbonyl (C=O) groups is 2. The molecule has 1 N–H and O–H groups in total. The van der Waals surface area contributed by atoms with Gasteiger partial charge in [-0.15, -0.1) is 0 Å². The maximum atomic E-state index is 12.4. The second kappa shape index (κ2) is 6.60. The van der Waals surface area contributed by atoms with Gasteiger partial charge in [-0.1, -0.05) is 12.1 Å². The number of ether oxygens (including phenoxy) is 1. The fourth-order valence-electron chi connectivity index (χ4n) is 2.42. The topological polar surface area (TPSA) is 85.6 Å². The second-order valence-electron chi connectivity index (χ2n) is 5.41. The number of amides is 1. The molecule has 0 radical (unpaired) electrons. The van der Waals surface area contributed by atoms with Crippen molar-refractivity contribution in [2.24, 2.45) is 0 Å². The van der Waals surface area contributed by atoms with Crippen molar-refractivity contribution in [1.29, 1.82) is 0 Å². The predicted octanol–water partition coefficient (Wildman–Crippen LogP) is 3.26. The predicted molar refractivity (Wildman–Crippen MR) is 93.4 cm³/mol. The molecule has 126 valence electrons. The number of hydrogen-bond donors (Lipinski definition) is 1. The first kappa shape index (κ1) is 16.4. The lowest BCUT2D eigenvalue weighted by atomic mass is 10.1. The number of rotatable bonds is 4. The quantitative estimate of drug-likeness (QED) is 0.583. The zero-order valence-electron chi connectivity index (χ0n) is 13.7. The first-order valence-corrected chi connectivity index (χ1v) is 7.53. The Labute approximate surface area is 143 Å². The molecular weight excluding hydrogens is 322 g/mol. The molecule has 6 heteroatoms. The average Bonchev–Trinajstić information content (AvgIpc) is 2.61. The van der Waals surface area contributed by atoms with E-state index in [-0.39, 0.29) is 16.9 Å². The van der Waals surface area contributed by atoms with Crippen LogP contribution in [0.3, 0.4) is 0 Å². The van der Waals surface area contributed by atoms with Crippen LogP contribution in [0, 0.1) is 0 Å². The lowest BCUT2D eigenvalue weighted by Crippen LogP contribution is -2.20. The molecule has 0 unspecified atom stereocenters. The van der Waals surface area contributed by atoms with E-state index in [1.54, 1.807) is 42.5 Å². The van der Waals surface area contributed by atoms with Crippen LogP contribution < -0.4 is 15.7 Å². The molecule has 0 aliphatic heterocycles. The molecule has 25 heavy (non-hydrogen) atoms. The summed E-state index contributed by atoms with van der Waals surface area (Å²) in [5.41, 5.74) is 0.430. The van der Waals surface area contributed by atoms with Gasteiger partial charge < -0.3 is 14.5 Å². The van der Waals surface area contributed by atoms with E-state index in [0.717, 1.165) is 0 Å². The van der Waals surface area contributed by atoms with Crippen LogP contribution in [0.5, 0.6) is 5.75 Å². The van der Waals surface area contributed by atoms with Gasteiger partial charge in [-0.05, 0) is 43.3 Å². The summed E-state index contributed by atoms with van der Waals surface area (Å²) in [4.78, 5) is 35.8. The van der Waals surface area contributed by atoms with E-state index < -0.39 is 11.5 Å². The number of benzene rings is 2. The van der Waals surface area contributed by atoms with Gasteiger partial charge in [0.25, 0.3) is 5.91 Å². The summed E-state index contributed by atoms with van der Waals surface area (Å²) in [5, 5.41) is 3.20. The van der Waals surface area contributed by atoms with E-state index in [9.17, 15) is 14.4 Å². The number of hydrogen-bond acceptors (Lipinski definition) is 5. The van der Waals surface area contributed by atoms with E-state index >= 15 is 0 Å². The van der Waals surface area contributed by atoms with Crippen LogP contribution in [-0.2, 0) is 0 Å². The van der Waals surface area contributed by atoms with Crippen LogP contribution in [0.15, 0.2) is 57.7 Å². The third-order valence-corrected chi connectivity index (χ3v) is 3.74. The number of ketones is 1. The lowest BCUT2D eigenvalue weighted by molar-refractivity contribution is 0.101. The summed E-state index contributed by atoms with van der Waals surface area (Å²) in [6.07, 6.45) is 0. The monoisotopic (exact) mass is 337 g/mol. The highest BCUT2D eigenvalue weighted by Gasteiger charge is 2.15. The third-order valence-electron chi connectivity index (χ3n) is 3.74. The average molecular weight is 337 g/mol. The Bertz CT molecular complexity index is 1020. The highest BCUT2D eigenvalue weighted by molar-refractivity contribution is 6.06. The van der Waals surface area contributed by atoms with Gasteiger partial charge in [0.1, 0.15) is 5.56 Å². The van der Waals surface area contributed by atoms with E-state index in [0.29, 0.717) is 22.4 Å². The van der Waals surface area contributed by atoms with E-state index in [1.165, 1.54) is 20.1 Å². The van der Waals surface area contributed by atoms with Crippen LogP contribution >= 0.6 is 0 Å². The summed E-state index contributed by atoms with van der Waals surface area (Å²) in [5.74, 6) is -0.238. The van der Waals surface area contributed by atoms with Gasteiger partial charge in [0.2, 0.25) is 0 Å². The molecule has 0 fully saturated rings. The largest absolute Gasteiger partial charge is 0.493 e. The van der Waals surface area contributed by atoms with Gasteiger partial charge in [0.05, 0.1) is 7.11 Å². The summed E-state index contributed by atoms with van der Waals surface area (Å²) in [6, 6.07) is 13.0. The standard InChI is InChI=1S/C19H15NO5/c1-11(21)12-6-8-14(9-7-12)20-18(22)15-10-13-4-3-5-16(24-2)17(13)25-19(15)23/h3-10H,1-2H3,(H,20,22). The molecule has 3 rings (SSSR count). The third kappa shape index (κ3) is 3.28. The molecule has 0 saturated heterocycles. The van der Waals surface area contributed by atoms with Crippen LogP contribution in [0.2, 0.25) is 0 Å². The van der Waals surface area contributed by atoms with Crippen molar-refractivity contribution >= 4 is 28.3 Å². The van der Waals surface area contributed by atoms with Gasteiger partial charge in [-0.25, -0.2) is 4.79 Å². The Morgan fingerprint density at radius 2 is 1.80 bits per heavy atom. The van der Waals surface area contributed by atoms with Gasteiger partial charge in [0.15, 0.2) is 17.1 Å². The molecule has 0 aliphatic carbocycles. The fraction of sp³-hybridized carbons (Fsp3) is 0.105. The first-order valence-electron chi connectivity index (χ1n) is 7.53. The van der Waals surface area contributed by atoms with Crippen LogP contribution in [0.25, 0.3) is 11.0 Å². The van der Waals surface area contributed by atoms with Crippen molar-refractivity contribution in [2.75, 3.05) is 12.4 Å². The van der Waals surface area contributed by atoms with Crippen molar-refractivity contribution in [3.8, 4) is 5.75 Å². The maximum Gasteiger partial charge on any atom is 0.349 e. The Morgan fingerprint density at radius 3 is 2.44 bits per heavy atom. The van der Waals surface area contributed by atoms with Crippen molar-refractivity contribution < 1.29 is 18.7 Å². The lowest BCUT2D eigenvalue weighted by Gasteiger charge is -2.07. The molecule has 1 aromatic heterocycles. The smallest absolute Gasteiger partial charge is 0.349 e. The zero-order valence-corrected chi connectivity index (χ0v) is 13.7. The number of Topliss-reactive ketones (excluding diaryl/α,β-unsaturated/α-hetero) is 1. The Morgan fingerprint density at radius 1 is 1.08 bits per heavy atom. The van der Waals surface area contributed by atoms with Crippen molar-refractivity contribution in [2.45, 2.75) is 6.92 Å². The number of anilines is 1. The molecule has 6 nitrogen and oxygen atoms in total. The Balaban J connectivity index is 1.93. The highest BCUT2D eigenvalue weighted by Crippen LogP contribution is 2.24. The van der Waals surface area contributed by atoms with Crippen LogP contribution in [-0.4, -0.2) is 18.8 Å². The molecule has 0 atom stereocenters. The SMILES string of the molecule is COc1cccc2cc(C(=O)Nc3ccc(C(C)=O)cc3)c(=O)oc12. The number of para-hydroxylation sites is 1. The number of methoxy groups -OCH3 is 1. The molecule has 0 aliphatic rings. The number of fused-ring (bicyclic) bond motifs is 1. The van der Waals surface area contributed by atoms with Crippen molar-refractivity contribution in [3.63, 3.8) is 0 Å². The minimum atomic E-state index is -0.755. The Hall–Kier alpha value is -3.41. The molecule has 1 heterocycles. The summed E-state index contributed by atoms with van der Waals surface area (Å²) >= 11 is 0. The second-order valence-corrected chi connectivity index (χ2v) is 5.41. The van der Waals surface area contributed by atoms with Crippen molar-refractivity contribution in [3.05, 3.63) is 70.1 Å². The van der Waals surface area contributed by atoms with E-state index in [4.69, 9.17) is 9.15 Å². The zero-order chi connectivity index (χ0) is 18.0. The van der Waals surface area contributed by atoms with Crippen molar-refractivity contribution in [1.82, 2.24) is 0 Å². The minimum Gasteiger partial charge on any atom is -0.493 e. The van der Waals surface area contributed by atoms with E-state index in [1.807, 2.05) is 0 Å². The summed E-state index contributed by atoms with van der Waals surface area (Å²) in [6.45, 7) is 1.46. The molecule has 2 aromatic carbocycles. The minimum absolute atomic E-state index is 0.0676. The molecule has 3 aromatic rings. The summed E-state index contributed by atoms with van der Waals surface area (Å²) in [7, 11) is 1.47. The van der Waals surface area contributed by atoms with Gasteiger partial charge in [0, 0.05) is 16.6 Å². The normalized spacial score (nSPS) is 10.5. The maximum absolute atomic E-state index is 12.4. The van der Waals surface area contributed by atoms with Gasteiger partial charge >= 0.3 is 5.63 Å². The molecule has 0 spiro atoms. The first-order chi connectivity index (χ1) is 12.0. The van der Waals surface area contributed by atoms with Gasteiger partial charge in [-0.2, -0.15) is 0 Å². The summed E-state index contributed by atoms with van der Waals surface area (Å²) < 4.78 is 10.4. The van der Waals surface area contributed by atoms with E-state index in [2.05, 4.69) is 5.32 Å². The molecular formula is C19H15NO5. The number of carbonyl (C=O) groups excluding carboxylic acids is 2. The van der Waals surface area contributed by atoms with Crippen LogP contribution in [0.1, 0.15) is 27.6 Å². The van der Waals surface area contributed by atoms with Crippen LogP contribution in [0.4, 0.5) is 5.69 Å². The molecule has 0 saturated carbocycles.